The second-order valence-electron chi connectivity index (χ2n) is 5.80. The van der Waals surface area contributed by atoms with E-state index in [4.69, 9.17) is 0 Å². The van der Waals surface area contributed by atoms with E-state index in [0.29, 0.717) is 6.54 Å². The highest BCUT2D eigenvalue weighted by atomic mass is 35.5. The standard InChI is InChI=1S/C17H22N2O.ClH/c20-16(19-13-14-7-11-18-12-8-14)17(9-4-10-17)15-5-2-1-3-6-15;/h1-3,5-7,18H,4,8-13H2,(H,19,20);1H. The predicted molar refractivity (Wildman–Crippen MR) is 87.8 cm³/mol. The SMILES string of the molecule is Cl.O=C(NCC1=CCNCC1)C1(c2ccccc2)CCC1. The minimum atomic E-state index is -0.269. The molecule has 21 heavy (non-hydrogen) atoms. The molecule has 0 aromatic heterocycles. The summed E-state index contributed by atoms with van der Waals surface area (Å²) in [5.41, 5.74) is 2.25. The molecule has 1 aromatic carbocycles. The van der Waals surface area contributed by atoms with Crippen LogP contribution in [0.4, 0.5) is 0 Å². The van der Waals surface area contributed by atoms with Gasteiger partial charge in [0.2, 0.25) is 5.91 Å². The van der Waals surface area contributed by atoms with Crippen molar-refractivity contribution in [1.29, 1.82) is 0 Å². The quantitative estimate of drug-likeness (QED) is 0.840. The van der Waals surface area contributed by atoms with Crippen molar-refractivity contribution < 1.29 is 4.79 Å². The summed E-state index contributed by atoms with van der Waals surface area (Å²) in [7, 11) is 0. The normalized spacial score (nSPS) is 19.7. The van der Waals surface area contributed by atoms with Crippen molar-refractivity contribution in [3.05, 3.63) is 47.5 Å². The van der Waals surface area contributed by atoms with E-state index in [1.165, 1.54) is 11.1 Å². The van der Waals surface area contributed by atoms with Gasteiger partial charge in [0.25, 0.3) is 0 Å². The lowest BCUT2D eigenvalue weighted by molar-refractivity contribution is -0.129. The minimum absolute atomic E-state index is 0. The lowest BCUT2D eigenvalue weighted by atomic mass is 9.64. The molecule has 0 spiro atoms. The lowest BCUT2D eigenvalue weighted by Gasteiger charge is -2.40. The number of nitrogens with one attached hydrogen (secondary N) is 2. The summed E-state index contributed by atoms with van der Waals surface area (Å²) in [5.74, 6) is 0.203. The van der Waals surface area contributed by atoms with Crippen molar-refractivity contribution in [2.75, 3.05) is 19.6 Å². The number of hydrogen-bond acceptors (Lipinski definition) is 2. The van der Waals surface area contributed by atoms with Crippen molar-refractivity contribution in [1.82, 2.24) is 10.6 Å². The highest BCUT2D eigenvalue weighted by Gasteiger charge is 2.45. The van der Waals surface area contributed by atoms with E-state index in [-0.39, 0.29) is 23.7 Å². The fourth-order valence-corrected chi connectivity index (χ4v) is 3.13. The van der Waals surface area contributed by atoms with Gasteiger partial charge in [-0.05, 0) is 31.4 Å². The Bertz CT molecular complexity index is 509. The third-order valence-corrected chi connectivity index (χ3v) is 4.60. The Labute approximate surface area is 132 Å². The Morgan fingerprint density at radius 2 is 2.00 bits per heavy atom. The van der Waals surface area contributed by atoms with Gasteiger partial charge in [0, 0.05) is 13.1 Å². The molecule has 1 aliphatic carbocycles. The first-order valence-corrected chi connectivity index (χ1v) is 7.54. The summed E-state index contributed by atoms with van der Waals surface area (Å²) in [5, 5.41) is 6.45. The van der Waals surface area contributed by atoms with E-state index < -0.39 is 0 Å². The van der Waals surface area contributed by atoms with Gasteiger partial charge in [0.05, 0.1) is 5.41 Å². The molecule has 114 valence electrons. The maximum atomic E-state index is 12.6. The van der Waals surface area contributed by atoms with Crippen LogP contribution in [-0.2, 0) is 10.2 Å². The van der Waals surface area contributed by atoms with Crippen LogP contribution in [0.1, 0.15) is 31.2 Å². The first kappa shape index (κ1) is 16.1. The maximum Gasteiger partial charge on any atom is 0.230 e. The summed E-state index contributed by atoms with van der Waals surface area (Å²) < 4.78 is 0. The number of hydrogen-bond donors (Lipinski definition) is 2. The van der Waals surface area contributed by atoms with E-state index in [1.54, 1.807) is 0 Å². The zero-order valence-corrected chi connectivity index (χ0v) is 13.0. The van der Waals surface area contributed by atoms with E-state index in [0.717, 1.165) is 38.8 Å². The average molecular weight is 307 g/mol. The van der Waals surface area contributed by atoms with E-state index in [2.05, 4.69) is 28.8 Å². The van der Waals surface area contributed by atoms with Crippen LogP contribution in [0, 0.1) is 0 Å². The van der Waals surface area contributed by atoms with Gasteiger partial charge >= 0.3 is 0 Å². The summed E-state index contributed by atoms with van der Waals surface area (Å²) in [6.07, 6.45) is 6.33. The van der Waals surface area contributed by atoms with Crippen molar-refractivity contribution in [3.63, 3.8) is 0 Å². The molecule has 3 nitrogen and oxygen atoms in total. The third-order valence-electron chi connectivity index (χ3n) is 4.60. The minimum Gasteiger partial charge on any atom is -0.352 e. The van der Waals surface area contributed by atoms with Gasteiger partial charge < -0.3 is 10.6 Å². The van der Waals surface area contributed by atoms with Crippen LogP contribution >= 0.6 is 12.4 Å². The van der Waals surface area contributed by atoms with Crippen LogP contribution in [0.3, 0.4) is 0 Å². The van der Waals surface area contributed by atoms with Crippen LogP contribution in [0.5, 0.6) is 0 Å². The molecule has 1 aromatic rings. The molecule has 1 aliphatic heterocycles. The van der Waals surface area contributed by atoms with Gasteiger partial charge in [-0.1, -0.05) is 48.4 Å². The zero-order valence-electron chi connectivity index (χ0n) is 12.2. The molecule has 1 amide bonds. The van der Waals surface area contributed by atoms with Gasteiger partial charge in [-0.25, -0.2) is 0 Å². The Hall–Kier alpha value is -1.32. The molecule has 0 unspecified atom stereocenters. The summed E-state index contributed by atoms with van der Waals surface area (Å²) in [6, 6.07) is 10.2. The summed E-state index contributed by atoms with van der Waals surface area (Å²) in [6.45, 7) is 2.65. The Morgan fingerprint density at radius 3 is 2.57 bits per heavy atom. The molecule has 2 N–H and O–H groups in total. The Balaban J connectivity index is 0.00000161. The lowest BCUT2D eigenvalue weighted by Crippen LogP contribution is -2.49. The molecule has 4 heteroatoms. The number of carbonyl (C=O) groups excluding carboxylic acids is 1. The Kier molecular flexibility index (Phi) is 5.43. The van der Waals surface area contributed by atoms with Crippen molar-refractivity contribution in [2.24, 2.45) is 0 Å². The molecule has 0 radical (unpaired) electrons. The molecule has 1 heterocycles. The number of amides is 1. The topological polar surface area (TPSA) is 41.1 Å². The first-order chi connectivity index (χ1) is 9.81. The zero-order chi connectivity index (χ0) is 13.8. The van der Waals surface area contributed by atoms with Gasteiger partial charge in [-0.3, -0.25) is 4.79 Å². The summed E-state index contributed by atoms with van der Waals surface area (Å²) in [4.78, 5) is 12.6. The van der Waals surface area contributed by atoms with Crippen LogP contribution in [0.25, 0.3) is 0 Å². The predicted octanol–water partition coefficient (Wildman–Crippen LogP) is 2.57. The molecular formula is C17H23ClN2O. The fraction of sp³-hybridized carbons (Fsp3) is 0.471. The molecule has 1 fully saturated rings. The highest BCUT2D eigenvalue weighted by molar-refractivity contribution is 5.89. The molecule has 0 atom stereocenters. The second-order valence-corrected chi connectivity index (χ2v) is 5.80. The summed E-state index contributed by atoms with van der Waals surface area (Å²) >= 11 is 0. The van der Waals surface area contributed by atoms with Crippen LogP contribution in [-0.4, -0.2) is 25.5 Å². The number of halogens is 1. The van der Waals surface area contributed by atoms with Crippen molar-refractivity contribution in [2.45, 2.75) is 31.1 Å². The smallest absolute Gasteiger partial charge is 0.230 e. The largest absolute Gasteiger partial charge is 0.352 e. The van der Waals surface area contributed by atoms with Gasteiger partial charge in [0.1, 0.15) is 0 Å². The number of benzene rings is 1. The first-order valence-electron chi connectivity index (χ1n) is 7.54. The highest BCUT2D eigenvalue weighted by Crippen LogP contribution is 2.43. The van der Waals surface area contributed by atoms with Gasteiger partial charge in [-0.15, -0.1) is 12.4 Å². The molecule has 0 saturated heterocycles. The molecular weight excluding hydrogens is 284 g/mol. The third kappa shape index (κ3) is 3.30. The van der Waals surface area contributed by atoms with Crippen LogP contribution in [0.15, 0.2) is 42.0 Å². The van der Waals surface area contributed by atoms with Gasteiger partial charge in [-0.2, -0.15) is 0 Å². The second kappa shape index (κ2) is 7.10. The van der Waals surface area contributed by atoms with Gasteiger partial charge in [0.15, 0.2) is 0 Å². The number of carbonyl (C=O) groups is 1. The molecule has 2 aliphatic rings. The molecule has 1 saturated carbocycles. The van der Waals surface area contributed by atoms with E-state index in [1.807, 2.05) is 18.2 Å². The average Bonchev–Trinajstić information content (AvgIpc) is 2.46. The van der Waals surface area contributed by atoms with E-state index in [9.17, 15) is 4.79 Å². The Morgan fingerprint density at radius 1 is 1.24 bits per heavy atom. The molecule has 0 bridgehead atoms. The molecule has 3 rings (SSSR count). The van der Waals surface area contributed by atoms with E-state index >= 15 is 0 Å². The fourth-order valence-electron chi connectivity index (χ4n) is 3.13. The number of rotatable bonds is 4. The van der Waals surface area contributed by atoms with Crippen molar-refractivity contribution in [3.8, 4) is 0 Å². The maximum absolute atomic E-state index is 12.6. The van der Waals surface area contributed by atoms with Crippen LogP contribution < -0.4 is 10.6 Å². The van der Waals surface area contributed by atoms with Crippen molar-refractivity contribution >= 4 is 18.3 Å². The monoisotopic (exact) mass is 306 g/mol. The van der Waals surface area contributed by atoms with Crippen LogP contribution in [0.2, 0.25) is 0 Å².